The Bertz CT molecular complexity index is 708. The van der Waals surface area contributed by atoms with Crippen LogP contribution >= 0.6 is 0 Å². The summed E-state index contributed by atoms with van der Waals surface area (Å²) in [5.41, 5.74) is 1.69. The van der Waals surface area contributed by atoms with E-state index in [1.807, 2.05) is 24.3 Å². The van der Waals surface area contributed by atoms with Gasteiger partial charge in [0.1, 0.15) is 0 Å². The van der Waals surface area contributed by atoms with Crippen LogP contribution in [0.25, 0.3) is 0 Å². The van der Waals surface area contributed by atoms with E-state index in [4.69, 9.17) is 9.15 Å². The van der Waals surface area contributed by atoms with Crippen LogP contribution in [0.4, 0.5) is 5.69 Å². The van der Waals surface area contributed by atoms with E-state index in [1.165, 1.54) is 0 Å². The van der Waals surface area contributed by atoms with Crippen LogP contribution in [0.2, 0.25) is 0 Å². The lowest BCUT2D eigenvalue weighted by Gasteiger charge is -2.15. The fourth-order valence-electron chi connectivity index (χ4n) is 2.47. The van der Waals surface area contributed by atoms with Crippen molar-refractivity contribution >= 4 is 17.6 Å². The monoisotopic (exact) mass is 315 g/mol. The largest absolute Gasteiger partial charge is 0.455 e. The molecule has 1 amide bonds. The second kappa shape index (κ2) is 6.60. The molecule has 120 valence electrons. The first kappa shape index (κ1) is 15.2. The number of rotatable bonds is 5. The molecular formula is C16H17N3O4. The van der Waals surface area contributed by atoms with Crippen molar-refractivity contribution in [3.05, 3.63) is 41.6 Å². The van der Waals surface area contributed by atoms with Crippen molar-refractivity contribution in [2.75, 3.05) is 11.4 Å². The molecule has 23 heavy (non-hydrogen) atoms. The Balaban J connectivity index is 1.53. The molecule has 0 bridgehead atoms. The fourth-order valence-corrected chi connectivity index (χ4v) is 2.47. The summed E-state index contributed by atoms with van der Waals surface area (Å²) in [6.07, 6.45) is 1.65. The summed E-state index contributed by atoms with van der Waals surface area (Å²) < 4.78 is 10.2. The first-order chi connectivity index (χ1) is 11.1. The molecule has 2 heterocycles. The smallest absolute Gasteiger partial charge is 0.310 e. The topological polar surface area (TPSA) is 85.5 Å². The quantitative estimate of drug-likeness (QED) is 0.782. The second-order valence-electron chi connectivity index (χ2n) is 5.37. The summed E-state index contributed by atoms with van der Waals surface area (Å²) in [5, 5.41) is 7.42. The lowest BCUT2D eigenvalue weighted by molar-refractivity contribution is -0.144. The fraction of sp³-hybridized carbons (Fsp3) is 0.375. The predicted molar refractivity (Wildman–Crippen MR) is 80.6 cm³/mol. The number of aryl methyl sites for hydroxylation is 1. The summed E-state index contributed by atoms with van der Waals surface area (Å²) in [7, 11) is 0. The molecule has 0 atom stereocenters. The van der Waals surface area contributed by atoms with Crippen LogP contribution in [0.3, 0.4) is 0 Å². The first-order valence-corrected chi connectivity index (χ1v) is 7.46. The lowest BCUT2D eigenvalue weighted by atomic mass is 10.1. The number of nitrogens with zero attached hydrogens (tertiary/aromatic N) is 3. The van der Waals surface area contributed by atoms with Gasteiger partial charge in [-0.15, -0.1) is 10.2 Å². The first-order valence-electron chi connectivity index (χ1n) is 7.46. The number of esters is 1. The summed E-state index contributed by atoms with van der Waals surface area (Å²) in [6, 6.07) is 7.37. The van der Waals surface area contributed by atoms with Crippen molar-refractivity contribution in [3.63, 3.8) is 0 Å². The average molecular weight is 315 g/mol. The number of anilines is 1. The molecule has 1 fully saturated rings. The number of carbonyl (C=O) groups excluding carboxylic acids is 2. The normalized spacial score (nSPS) is 14.3. The summed E-state index contributed by atoms with van der Waals surface area (Å²) >= 11 is 0. The Hall–Kier alpha value is -2.70. The second-order valence-corrected chi connectivity index (χ2v) is 5.37. The van der Waals surface area contributed by atoms with E-state index in [2.05, 4.69) is 10.2 Å². The Morgan fingerprint density at radius 1 is 1.30 bits per heavy atom. The van der Waals surface area contributed by atoms with Gasteiger partial charge in [0, 0.05) is 25.6 Å². The number of aromatic nitrogens is 2. The zero-order valence-electron chi connectivity index (χ0n) is 12.8. The molecule has 0 unspecified atom stereocenters. The van der Waals surface area contributed by atoms with Gasteiger partial charge in [-0.05, 0) is 24.1 Å². The summed E-state index contributed by atoms with van der Waals surface area (Å²) in [6.45, 7) is 2.40. The molecule has 1 aliphatic rings. The molecule has 1 aromatic heterocycles. The van der Waals surface area contributed by atoms with E-state index in [-0.39, 0.29) is 30.8 Å². The van der Waals surface area contributed by atoms with Crippen LogP contribution in [-0.2, 0) is 27.4 Å². The molecule has 1 aliphatic heterocycles. The highest BCUT2D eigenvalue weighted by Gasteiger charge is 2.21. The van der Waals surface area contributed by atoms with Crippen molar-refractivity contribution in [2.45, 2.75) is 32.8 Å². The number of ether oxygens (including phenoxy) is 1. The SMILES string of the molecule is Cc1nnc(COC(=O)Cc2ccc(N3CCCC3=O)cc2)o1. The zero-order valence-corrected chi connectivity index (χ0v) is 12.8. The number of carbonyl (C=O) groups is 2. The van der Waals surface area contributed by atoms with E-state index < -0.39 is 0 Å². The third kappa shape index (κ3) is 3.74. The Kier molecular flexibility index (Phi) is 4.36. The molecule has 0 spiro atoms. The van der Waals surface area contributed by atoms with Crippen LogP contribution in [-0.4, -0.2) is 28.6 Å². The predicted octanol–water partition coefficient (Wildman–Crippen LogP) is 1.79. The summed E-state index contributed by atoms with van der Waals surface area (Å²) in [5.74, 6) is 0.486. The number of hydrogen-bond donors (Lipinski definition) is 0. The van der Waals surface area contributed by atoms with Gasteiger partial charge in [-0.2, -0.15) is 0 Å². The van der Waals surface area contributed by atoms with Crippen molar-refractivity contribution in [2.24, 2.45) is 0 Å². The van der Waals surface area contributed by atoms with E-state index in [0.717, 1.165) is 24.2 Å². The van der Waals surface area contributed by atoms with Gasteiger partial charge >= 0.3 is 5.97 Å². The molecule has 1 aromatic carbocycles. The molecule has 2 aromatic rings. The molecule has 3 rings (SSSR count). The van der Waals surface area contributed by atoms with Gasteiger partial charge in [-0.1, -0.05) is 12.1 Å². The maximum Gasteiger partial charge on any atom is 0.310 e. The van der Waals surface area contributed by atoms with Gasteiger partial charge in [0.15, 0.2) is 6.61 Å². The number of hydrogen-bond acceptors (Lipinski definition) is 6. The van der Waals surface area contributed by atoms with Gasteiger partial charge in [0.2, 0.25) is 11.8 Å². The van der Waals surface area contributed by atoms with Crippen molar-refractivity contribution < 1.29 is 18.7 Å². The van der Waals surface area contributed by atoms with Crippen molar-refractivity contribution in [3.8, 4) is 0 Å². The Morgan fingerprint density at radius 3 is 2.70 bits per heavy atom. The minimum absolute atomic E-state index is 0.0277. The summed E-state index contributed by atoms with van der Waals surface area (Å²) in [4.78, 5) is 25.3. The van der Waals surface area contributed by atoms with E-state index in [0.29, 0.717) is 12.3 Å². The minimum Gasteiger partial charge on any atom is -0.455 e. The number of benzene rings is 1. The lowest BCUT2D eigenvalue weighted by Crippen LogP contribution is -2.23. The third-order valence-corrected chi connectivity index (χ3v) is 3.59. The highest BCUT2D eigenvalue weighted by atomic mass is 16.5. The van der Waals surface area contributed by atoms with Gasteiger partial charge in [0.05, 0.1) is 6.42 Å². The van der Waals surface area contributed by atoms with Crippen LogP contribution in [0.1, 0.15) is 30.2 Å². The van der Waals surface area contributed by atoms with Crippen LogP contribution < -0.4 is 4.90 Å². The number of amides is 1. The highest BCUT2D eigenvalue weighted by molar-refractivity contribution is 5.95. The van der Waals surface area contributed by atoms with E-state index in [1.54, 1.807) is 11.8 Å². The van der Waals surface area contributed by atoms with Gasteiger partial charge in [-0.3, -0.25) is 9.59 Å². The van der Waals surface area contributed by atoms with Crippen LogP contribution in [0, 0.1) is 6.92 Å². The molecule has 0 aliphatic carbocycles. The molecule has 0 N–H and O–H groups in total. The van der Waals surface area contributed by atoms with Gasteiger partial charge in [-0.25, -0.2) is 0 Å². The van der Waals surface area contributed by atoms with E-state index in [9.17, 15) is 9.59 Å². The zero-order chi connectivity index (χ0) is 16.2. The standard InChI is InChI=1S/C16H17N3O4/c1-11-17-18-14(23-11)10-22-16(21)9-12-4-6-13(7-5-12)19-8-2-3-15(19)20/h4-7H,2-3,8-10H2,1H3. The minimum atomic E-state index is -0.370. The molecular weight excluding hydrogens is 298 g/mol. The maximum absolute atomic E-state index is 11.8. The highest BCUT2D eigenvalue weighted by Crippen LogP contribution is 2.21. The molecule has 0 radical (unpaired) electrons. The Labute approximate surface area is 133 Å². The molecule has 1 saturated heterocycles. The molecule has 7 heteroatoms. The van der Waals surface area contributed by atoms with Crippen LogP contribution in [0.15, 0.2) is 28.7 Å². The van der Waals surface area contributed by atoms with Crippen molar-refractivity contribution in [1.29, 1.82) is 0 Å². The molecule has 7 nitrogen and oxygen atoms in total. The average Bonchev–Trinajstić information content (AvgIpc) is 3.14. The Morgan fingerprint density at radius 2 is 2.09 bits per heavy atom. The third-order valence-electron chi connectivity index (χ3n) is 3.59. The van der Waals surface area contributed by atoms with Gasteiger partial charge < -0.3 is 14.1 Å². The maximum atomic E-state index is 11.8. The van der Waals surface area contributed by atoms with Crippen molar-refractivity contribution in [1.82, 2.24) is 10.2 Å². The van der Waals surface area contributed by atoms with Crippen LogP contribution in [0.5, 0.6) is 0 Å². The molecule has 0 saturated carbocycles. The van der Waals surface area contributed by atoms with Gasteiger partial charge in [0.25, 0.3) is 5.89 Å². The van der Waals surface area contributed by atoms with E-state index >= 15 is 0 Å².